The van der Waals surface area contributed by atoms with Crippen LogP contribution in [0.1, 0.15) is 47.2 Å². The monoisotopic (exact) mass is 391 g/mol. The van der Waals surface area contributed by atoms with Gasteiger partial charge in [0.15, 0.2) is 0 Å². The number of nitrogens with two attached hydrogens (primary N) is 1. The minimum Gasteiger partial charge on any atom is -0.492 e. The number of primary amides is 1. The standard InChI is InChI=1S/C19H22FN3O5/c20-12-7-10-11(16-15(12)19(9-28-16)3-5-22-6-4-19)8-23(18(10)27)13(17(21)26)1-2-14(24)25/h7,13,22H,1-6,8-9H2,(H2,21,26)(H,24,25)/t13-/m0/s1. The summed E-state index contributed by atoms with van der Waals surface area (Å²) in [5.74, 6) is -2.46. The molecule has 0 radical (unpaired) electrons. The van der Waals surface area contributed by atoms with Crippen molar-refractivity contribution < 1.29 is 28.6 Å². The Labute approximate surface area is 160 Å². The predicted molar refractivity (Wildman–Crippen MR) is 95.4 cm³/mol. The Kier molecular flexibility index (Phi) is 4.49. The van der Waals surface area contributed by atoms with Crippen LogP contribution in [0, 0.1) is 5.82 Å². The molecular formula is C19H22FN3O5. The van der Waals surface area contributed by atoms with Crippen molar-refractivity contribution in [3.63, 3.8) is 0 Å². The van der Waals surface area contributed by atoms with E-state index in [0.29, 0.717) is 23.5 Å². The third-order valence-corrected chi connectivity index (χ3v) is 6.08. The van der Waals surface area contributed by atoms with Crippen molar-refractivity contribution >= 4 is 17.8 Å². The molecule has 4 N–H and O–H groups in total. The van der Waals surface area contributed by atoms with E-state index in [1.807, 2.05) is 0 Å². The van der Waals surface area contributed by atoms with Gasteiger partial charge in [-0.3, -0.25) is 14.4 Å². The van der Waals surface area contributed by atoms with E-state index >= 15 is 4.39 Å². The van der Waals surface area contributed by atoms with E-state index in [9.17, 15) is 14.4 Å². The van der Waals surface area contributed by atoms with Gasteiger partial charge in [0.25, 0.3) is 5.91 Å². The number of ether oxygens (including phenoxy) is 1. The number of amides is 2. The van der Waals surface area contributed by atoms with Crippen LogP contribution in [0.5, 0.6) is 5.75 Å². The third-order valence-electron chi connectivity index (χ3n) is 6.08. The Morgan fingerprint density at radius 2 is 2.11 bits per heavy atom. The Morgan fingerprint density at radius 1 is 1.39 bits per heavy atom. The molecule has 1 saturated heterocycles. The topological polar surface area (TPSA) is 122 Å². The Balaban J connectivity index is 1.70. The van der Waals surface area contributed by atoms with Crippen molar-refractivity contribution in [1.29, 1.82) is 0 Å². The zero-order valence-electron chi connectivity index (χ0n) is 15.3. The normalized spacial score (nSPS) is 20.6. The number of halogens is 1. The molecule has 0 unspecified atom stereocenters. The lowest BCUT2D eigenvalue weighted by Gasteiger charge is -2.32. The minimum absolute atomic E-state index is 0.0539. The zero-order valence-corrected chi connectivity index (χ0v) is 15.3. The summed E-state index contributed by atoms with van der Waals surface area (Å²) in [6.07, 6.45) is 1.10. The molecule has 9 heteroatoms. The van der Waals surface area contributed by atoms with Crippen LogP contribution < -0.4 is 15.8 Å². The molecule has 2 amide bonds. The Hall–Kier alpha value is -2.68. The van der Waals surface area contributed by atoms with Crippen molar-refractivity contribution in [2.45, 2.75) is 43.7 Å². The number of carboxylic acid groups (broad SMARTS) is 1. The van der Waals surface area contributed by atoms with Gasteiger partial charge in [-0.05, 0) is 38.4 Å². The molecule has 3 aliphatic rings. The third kappa shape index (κ3) is 2.81. The second-order valence-corrected chi connectivity index (χ2v) is 7.69. The van der Waals surface area contributed by atoms with Crippen molar-refractivity contribution in [2.24, 2.45) is 5.73 Å². The maximum Gasteiger partial charge on any atom is 0.303 e. The number of nitrogens with zero attached hydrogens (tertiary/aromatic N) is 1. The fraction of sp³-hybridized carbons (Fsp3) is 0.526. The second kappa shape index (κ2) is 6.73. The number of carboxylic acids is 1. The molecule has 1 fully saturated rings. The van der Waals surface area contributed by atoms with Gasteiger partial charge in [-0.15, -0.1) is 0 Å². The van der Waals surface area contributed by atoms with Crippen molar-refractivity contribution in [3.05, 3.63) is 28.6 Å². The van der Waals surface area contributed by atoms with Crippen LogP contribution >= 0.6 is 0 Å². The molecule has 0 aromatic heterocycles. The molecule has 28 heavy (non-hydrogen) atoms. The van der Waals surface area contributed by atoms with Gasteiger partial charge in [-0.2, -0.15) is 0 Å². The number of hydrogen-bond acceptors (Lipinski definition) is 5. The number of fused-ring (bicyclic) bond motifs is 4. The molecule has 0 saturated carbocycles. The average Bonchev–Trinajstić information content (AvgIpc) is 3.16. The lowest BCUT2D eigenvalue weighted by Crippen LogP contribution is -2.45. The molecule has 8 nitrogen and oxygen atoms in total. The molecule has 1 aromatic rings. The summed E-state index contributed by atoms with van der Waals surface area (Å²) in [6, 6.07) is 0.161. The molecule has 150 valence electrons. The molecule has 4 rings (SSSR count). The van der Waals surface area contributed by atoms with Gasteiger partial charge < -0.3 is 25.8 Å². The molecular weight excluding hydrogens is 369 g/mol. The summed E-state index contributed by atoms with van der Waals surface area (Å²) in [4.78, 5) is 36.8. The fourth-order valence-corrected chi connectivity index (χ4v) is 4.61. The van der Waals surface area contributed by atoms with Crippen molar-refractivity contribution in [1.82, 2.24) is 10.2 Å². The molecule has 1 spiro atoms. The van der Waals surface area contributed by atoms with Crippen LogP contribution in [-0.2, 0) is 21.5 Å². The Bertz CT molecular complexity index is 866. The summed E-state index contributed by atoms with van der Waals surface area (Å²) in [5.41, 5.74) is 6.24. The summed E-state index contributed by atoms with van der Waals surface area (Å²) in [7, 11) is 0. The Morgan fingerprint density at radius 3 is 2.75 bits per heavy atom. The first kappa shape index (κ1) is 18.7. The van der Waals surface area contributed by atoms with Crippen LogP contribution in [0.2, 0.25) is 0 Å². The highest BCUT2D eigenvalue weighted by Gasteiger charge is 2.48. The second-order valence-electron chi connectivity index (χ2n) is 7.69. The van der Waals surface area contributed by atoms with Gasteiger partial charge in [0.2, 0.25) is 5.91 Å². The van der Waals surface area contributed by atoms with Crippen LogP contribution in [-0.4, -0.2) is 53.5 Å². The number of hydrogen-bond donors (Lipinski definition) is 3. The molecule has 1 aromatic carbocycles. The lowest BCUT2D eigenvalue weighted by atomic mass is 9.74. The van der Waals surface area contributed by atoms with E-state index in [1.54, 1.807) is 0 Å². The molecule has 0 aliphatic carbocycles. The summed E-state index contributed by atoms with van der Waals surface area (Å²) >= 11 is 0. The maximum absolute atomic E-state index is 15.0. The van der Waals surface area contributed by atoms with Gasteiger partial charge in [0, 0.05) is 23.0 Å². The first-order valence-corrected chi connectivity index (χ1v) is 9.35. The number of carbonyl (C=O) groups is 3. The van der Waals surface area contributed by atoms with E-state index in [4.69, 9.17) is 15.6 Å². The fourth-order valence-electron chi connectivity index (χ4n) is 4.61. The zero-order chi connectivity index (χ0) is 20.1. The smallest absolute Gasteiger partial charge is 0.303 e. The van der Waals surface area contributed by atoms with Gasteiger partial charge in [0.1, 0.15) is 17.6 Å². The van der Waals surface area contributed by atoms with Gasteiger partial charge in [0.05, 0.1) is 18.7 Å². The summed E-state index contributed by atoms with van der Waals surface area (Å²) in [6.45, 7) is 1.95. The van der Waals surface area contributed by atoms with Crippen LogP contribution in [0.15, 0.2) is 6.07 Å². The molecule has 3 heterocycles. The summed E-state index contributed by atoms with van der Waals surface area (Å²) < 4.78 is 20.9. The predicted octanol–water partition coefficient (Wildman–Crippen LogP) is 0.514. The average molecular weight is 391 g/mol. The van der Waals surface area contributed by atoms with Gasteiger partial charge >= 0.3 is 5.97 Å². The largest absolute Gasteiger partial charge is 0.492 e. The molecule has 1 atom stereocenters. The summed E-state index contributed by atoms with van der Waals surface area (Å²) in [5, 5.41) is 12.2. The number of rotatable bonds is 5. The number of piperidine rings is 1. The van der Waals surface area contributed by atoms with Crippen molar-refractivity contribution in [3.8, 4) is 5.75 Å². The molecule has 0 bridgehead atoms. The van der Waals surface area contributed by atoms with Gasteiger partial charge in [-0.1, -0.05) is 0 Å². The molecule has 3 aliphatic heterocycles. The quantitative estimate of drug-likeness (QED) is 0.673. The van der Waals surface area contributed by atoms with E-state index in [0.717, 1.165) is 25.9 Å². The van der Waals surface area contributed by atoms with Crippen molar-refractivity contribution in [2.75, 3.05) is 19.7 Å². The van der Waals surface area contributed by atoms with Crippen LogP contribution in [0.25, 0.3) is 0 Å². The van der Waals surface area contributed by atoms with Crippen LogP contribution in [0.4, 0.5) is 4.39 Å². The van der Waals surface area contributed by atoms with E-state index in [-0.39, 0.29) is 24.9 Å². The number of carbonyl (C=O) groups excluding carboxylic acids is 2. The van der Waals surface area contributed by atoms with E-state index in [2.05, 4.69) is 5.32 Å². The van der Waals surface area contributed by atoms with E-state index in [1.165, 1.54) is 11.0 Å². The first-order chi connectivity index (χ1) is 13.3. The first-order valence-electron chi connectivity index (χ1n) is 9.35. The van der Waals surface area contributed by atoms with Crippen LogP contribution in [0.3, 0.4) is 0 Å². The number of aliphatic carboxylic acids is 1. The highest BCUT2D eigenvalue weighted by Crippen LogP contribution is 2.50. The van der Waals surface area contributed by atoms with E-state index < -0.39 is 35.1 Å². The lowest BCUT2D eigenvalue weighted by molar-refractivity contribution is -0.137. The number of benzene rings is 1. The van der Waals surface area contributed by atoms with Gasteiger partial charge in [-0.25, -0.2) is 4.39 Å². The maximum atomic E-state index is 15.0. The SMILES string of the molecule is NC(=O)[C@H](CCC(=O)O)N1Cc2c(cc(F)c3c2OCC32CCNCC2)C1=O. The minimum atomic E-state index is -1.08. The highest BCUT2D eigenvalue weighted by atomic mass is 19.1. The number of nitrogens with one attached hydrogen (secondary N) is 1. The highest BCUT2D eigenvalue weighted by molar-refractivity contribution is 6.02.